The molecule has 0 amide bonds. The maximum Gasteiger partial charge on any atom is 0.146 e. The first-order valence-corrected chi connectivity index (χ1v) is 5.67. The molecular weight excluding hydrogens is 229 g/mol. The fourth-order valence-corrected chi connectivity index (χ4v) is 1.84. The third-order valence-electron chi connectivity index (χ3n) is 3.10. The zero-order valence-corrected chi connectivity index (χ0v) is 10.4. The molecule has 0 fully saturated rings. The Bertz CT molecular complexity index is 608. The lowest BCUT2D eigenvalue weighted by molar-refractivity contribution is 0.630. The third-order valence-corrected chi connectivity index (χ3v) is 3.10. The molecule has 0 aliphatic heterocycles. The van der Waals surface area contributed by atoms with Gasteiger partial charge in [0.2, 0.25) is 0 Å². The van der Waals surface area contributed by atoms with Crippen molar-refractivity contribution in [1.29, 1.82) is 5.26 Å². The van der Waals surface area contributed by atoms with Gasteiger partial charge in [-0.2, -0.15) is 5.26 Å². The van der Waals surface area contributed by atoms with Crippen LogP contribution in [0.25, 0.3) is 0 Å². The van der Waals surface area contributed by atoms with Crippen molar-refractivity contribution >= 4 is 5.69 Å². The van der Waals surface area contributed by atoms with Gasteiger partial charge in [0.1, 0.15) is 17.6 Å². The quantitative estimate of drug-likeness (QED) is 0.900. The van der Waals surface area contributed by atoms with Crippen LogP contribution < -0.4 is 5.32 Å². The van der Waals surface area contributed by atoms with Gasteiger partial charge < -0.3 is 9.88 Å². The highest BCUT2D eigenvalue weighted by Gasteiger charge is 2.08. The van der Waals surface area contributed by atoms with Crippen LogP contribution in [0, 0.1) is 24.1 Å². The van der Waals surface area contributed by atoms with E-state index in [0.717, 1.165) is 11.3 Å². The van der Waals surface area contributed by atoms with Gasteiger partial charge in [0.25, 0.3) is 0 Å². The summed E-state index contributed by atoms with van der Waals surface area (Å²) in [5.74, 6) is -0.272. The van der Waals surface area contributed by atoms with E-state index in [1.165, 1.54) is 6.07 Å². The molecule has 3 nitrogen and oxygen atoms in total. The van der Waals surface area contributed by atoms with Gasteiger partial charge in [0, 0.05) is 19.3 Å². The van der Waals surface area contributed by atoms with Crippen LogP contribution in [0.1, 0.15) is 17.0 Å². The van der Waals surface area contributed by atoms with Crippen LogP contribution in [0.5, 0.6) is 0 Å². The number of nitriles is 1. The third kappa shape index (κ3) is 2.21. The minimum absolute atomic E-state index is 0.272. The Hall–Kier alpha value is -2.28. The predicted octanol–water partition coefficient (Wildman–Crippen LogP) is 2.96. The standard InChI is InChI=1S/C14H14FN3/c1-10-11(7-12(8-16)18(10)2)9-17-14-6-4-3-5-13(14)15/h3-7,17H,9H2,1-2H3. The molecule has 92 valence electrons. The summed E-state index contributed by atoms with van der Waals surface area (Å²) >= 11 is 0. The Morgan fingerprint density at radius 1 is 1.39 bits per heavy atom. The van der Waals surface area contributed by atoms with Crippen LogP contribution in [-0.2, 0) is 13.6 Å². The molecule has 0 aliphatic carbocycles. The van der Waals surface area contributed by atoms with Crippen LogP contribution in [0.15, 0.2) is 30.3 Å². The molecule has 0 bridgehead atoms. The summed E-state index contributed by atoms with van der Waals surface area (Å²) in [6.45, 7) is 2.45. The van der Waals surface area contributed by atoms with Crippen molar-refractivity contribution in [3.05, 3.63) is 53.1 Å². The molecule has 0 unspecified atom stereocenters. The first kappa shape index (κ1) is 12.2. The normalized spacial score (nSPS) is 10.1. The van der Waals surface area contributed by atoms with Crippen molar-refractivity contribution in [3.63, 3.8) is 0 Å². The highest BCUT2D eigenvalue weighted by molar-refractivity contribution is 5.46. The first-order chi connectivity index (χ1) is 8.63. The van der Waals surface area contributed by atoms with E-state index in [1.54, 1.807) is 18.2 Å². The Kier molecular flexibility index (Phi) is 3.33. The average Bonchev–Trinajstić information content (AvgIpc) is 2.65. The summed E-state index contributed by atoms with van der Waals surface area (Å²) in [6.07, 6.45) is 0. The summed E-state index contributed by atoms with van der Waals surface area (Å²) < 4.78 is 15.3. The van der Waals surface area contributed by atoms with Crippen LogP contribution in [0.4, 0.5) is 10.1 Å². The van der Waals surface area contributed by atoms with Gasteiger partial charge in [-0.25, -0.2) is 4.39 Å². The van der Waals surface area contributed by atoms with Gasteiger partial charge in [-0.3, -0.25) is 0 Å². The second-order valence-electron chi connectivity index (χ2n) is 4.14. The Labute approximate surface area is 105 Å². The molecule has 2 rings (SSSR count). The van der Waals surface area contributed by atoms with E-state index in [9.17, 15) is 4.39 Å². The monoisotopic (exact) mass is 243 g/mol. The van der Waals surface area contributed by atoms with Gasteiger partial charge in [0.15, 0.2) is 0 Å². The second kappa shape index (κ2) is 4.92. The predicted molar refractivity (Wildman–Crippen MR) is 68.6 cm³/mol. The Morgan fingerprint density at radius 3 is 2.72 bits per heavy atom. The molecule has 0 spiro atoms. The summed E-state index contributed by atoms with van der Waals surface area (Å²) in [5, 5.41) is 12.0. The number of benzene rings is 1. The highest BCUT2D eigenvalue weighted by Crippen LogP contribution is 2.17. The van der Waals surface area contributed by atoms with E-state index in [2.05, 4.69) is 11.4 Å². The van der Waals surface area contributed by atoms with Crippen molar-refractivity contribution in [1.82, 2.24) is 4.57 Å². The molecule has 1 heterocycles. The zero-order valence-electron chi connectivity index (χ0n) is 10.4. The number of nitrogens with zero attached hydrogens (tertiary/aromatic N) is 2. The molecule has 0 aliphatic rings. The molecule has 0 saturated carbocycles. The fraction of sp³-hybridized carbons (Fsp3) is 0.214. The molecule has 2 aromatic rings. The second-order valence-corrected chi connectivity index (χ2v) is 4.14. The van der Waals surface area contributed by atoms with Gasteiger partial charge in [-0.1, -0.05) is 12.1 Å². The van der Waals surface area contributed by atoms with Crippen molar-refractivity contribution in [2.45, 2.75) is 13.5 Å². The van der Waals surface area contributed by atoms with Gasteiger partial charge >= 0.3 is 0 Å². The number of hydrogen-bond acceptors (Lipinski definition) is 2. The largest absolute Gasteiger partial charge is 0.379 e. The van der Waals surface area contributed by atoms with Gasteiger partial charge in [-0.15, -0.1) is 0 Å². The first-order valence-electron chi connectivity index (χ1n) is 5.67. The van der Waals surface area contributed by atoms with Crippen molar-refractivity contribution in [2.24, 2.45) is 7.05 Å². The number of halogens is 1. The molecule has 1 aromatic carbocycles. The van der Waals surface area contributed by atoms with E-state index in [1.807, 2.05) is 24.6 Å². The lowest BCUT2D eigenvalue weighted by Gasteiger charge is -2.07. The number of anilines is 1. The summed E-state index contributed by atoms with van der Waals surface area (Å²) in [7, 11) is 1.85. The number of aromatic nitrogens is 1. The maximum atomic E-state index is 13.4. The van der Waals surface area contributed by atoms with E-state index in [0.29, 0.717) is 17.9 Å². The number of hydrogen-bond donors (Lipinski definition) is 1. The summed E-state index contributed by atoms with van der Waals surface area (Å²) in [5.41, 5.74) is 3.09. The topological polar surface area (TPSA) is 40.8 Å². The van der Waals surface area contributed by atoms with E-state index >= 15 is 0 Å². The maximum absolute atomic E-state index is 13.4. The minimum Gasteiger partial charge on any atom is -0.379 e. The van der Waals surface area contributed by atoms with Crippen molar-refractivity contribution < 1.29 is 4.39 Å². The highest BCUT2D eigenvalue weighted by atomic mass is 19.1. The molecule has 4 heteroatoms. The molecule has 1 aromatic heterocycles. The number of rotatable bonds is 3. The SMILES string of the molecule is Cc1c(CNc2ccccc2F)cc(C#N)n1C. The minimum atomic E-state index is -0.272. The smallest absolute Gasteiger partial charge is 0.146 e. The molecule has 0 atom stereocenters. The van der Waals surface area contributed by atoms with Gasteiger partial charge in [0.05, 0.1) is 5.69 Å². The molecular formula is C14H14FN3. The van der Waals surface area contributed by atoms with E-state index in [4.69, 9.17) is 5.26 Å². The summed E-state index contributed by atoms with van der Waals surface area (Å²) in [4.78, 5) is 0. The number of nitrogens with one attached hydrogen (secondary N) is 1. The summed E-state index contributed by atoms with van der Waals surface area (Å²) in [6, 6.07) is 10.5. The van der Waals surface area contributed by atoms with E-state index < -0.39 is 0 Å². The Balaban J connectivity index is 2.17. The number of para-hydroxylation sites is 1. The van der Waals surface area contributed by atoms with Crippen molar-refractivity contribution in [2.75, 3.05) is 5.32 Å². The molecule has 0 saturated heterocycles. The van der Waals surface area contributed by atoms with Gasteiger partial charge in [-0.05, 0) is 30.7 Å². The fourth-order valence-electron chi connectivity index (χ4n) is 1.84. The Morgan fingerprint density at radius 2 is 2.11 bits per heavy atom. The molecule has 0 radical (unpaired) electrons. The van der Waals surface area contributed by atoms with Crippen LogP contribution in [0.2, 0.25) is 0 Å². The van der Waals surface area contributed by atoms with Crippen LogP contribution in [0.3, 0.4) is 0 Å². The average molecular weight is 243 g/mol. The van der Waals surface area contributed by atoms with E-state index in [-0.39, 0.29) is 5.82 Å². The lowest BCUT2D eigenvalue weighted by atomic mass is 10.2. The van der Waals surface area contributed by atoms with Crippen LogP contribution >= 0.6 is 0 Å². The lowest BCUT2D eigenvalue weighted by Crippen LogP contribution is -2.02. The molecule has 1 N–H and O–H groups in total. The van der Waals surface area contributed by atoms with Crippen molar-refractivity contribution in [3.8, 4) is 6.07 Å². The molecule has 18 heavy (non-hydrogen) atoms. The van der Waals surface area contributed by atoms with Crippen LogP contribution in [-0.4, -0.2) is 4.57 Å². The zero-order chi connectivity index (χ0) is 13.1.